The molecule has 3 amide bonds. The van der Waals surface area contributed by atoms with Gasteiger partial charge in [0.2, 0.25) is 5.91 Å². The highest BCUT2D eigenvalue weighted by atomic mass is 32.2. The van der Waals surface area contributed by atoms with Crippen LogP contribution >= 0.6 is 11.8 Å². The molecule has 7 heteroatoms. The molecule has 1 aliphatic heterocycles. The van der Waals surface area contributed by atoms with Crippen LogP contribution in [0, 0.1) is 6.92 Å². The lowest BCUT2D eigenvalue weighted by molar-refractivity contribution is -0.127. The molecular weight excluding hydrogens is 338 g/mol. The predicted octanol–water partition coefficient (Wildman–Crippen LogP) is 3.07. The topological polar surface area (TPSA) is 79.4 Å². The van der Waals surface area contributed by atoms with Crippen LogP contribution in [-0.2, 0) is 9.59 Å². The maximum atomic E-state index is 12.4. The molecule has 1 aliphatic rings. The van der Waals surface area contributed by atoms with Crippen molar-refractivity contribution in [2.24, 2.45) is 0 Å². The number of thioether (sulfide) groups is 1. The highest BCUT2D eigenvalue weighted by molar-refractivity contribution is 8.18. The van der Waals surface area contributed by atoms with Crippen molar-refractivity contribution < 1.29 is 14.4 Å². The van der Waals surface area contributed by atoms with E-state index in [1.54, 1.807) is 42.7 Å². The molecule has 2 aromatic rings. The second-order valence-electron chi connectivity index (χ2n) is 5.42. The summed E-state index contributed by atoms with van der Waals surface area (Å²) in [6.07, 6.45) is 4.81. The Morgan fingerprint density at radius 3 is 2.76 bits per heavy atom. The molecule has 0 aliphatic carbocycles. The summed E-state index contributed by atoms with van der Waals surface area (Å²) in [4.78, 5) is 41.8. The molecule has 0 saturated carbocycles. The standard InChI is InChI=1S/C18H15N3O3S/c1-12-5-2-3-7-14(12)20-16(22)11-21-17(23)15(25-18(21)24)9-13-6-4-8-19-10-13/h2-10H,11H2,1H3,(H,20,22). The number of pyridine rings is 1. The van der Waals surface area contributed by atoms with Gasteiger partial charge in [0.1, 0.15) is 6.54 Å². The average molecular weight is 353 g/mol. The maximum absolute atomic E-state index is 12.4. The van der Waals surface area contributed by atoms with Crippen LogP contribution in [0.15, 0.2) is 53.7 Å². The van der Waals surface area contributed by atoms with Gasteiger partial charge in [-0.05, 0) is 48.0 Å². The molecule has 6 nitrogen and oxygen atoms in total. The number of carbonyl (C=O) groups excluding carboxylic acids is 3. The lowest BCUT2D eigenvalue weighted by Gasteiger charge is -2.13. The van der Waals surface area contributed by atoms with E-state index < -0.39 is 17.1 Å². The molecule has 0 spiro atoms. The summed E-state index contributed by atoms with van der Waals surface area (Å²) in [7, 11) is 0. The first-order chi connectivity index (χ1) is 12.0. The van der Waals surface area contributed by atoms with Crippen LogP contribution < -0.4 is 5.32 Å². The van der Waals surface area contributed by atoms with E-state index in [1.165, 1.54) is 0 Å². The molecular formula is C18H15N3O3S. The van der Waals surface area contributed by atoms with E-state index in [0.717, 1.165) is 27.8 Å². The van der Waals surface area contributed by atoms with Gasteiger partial charge < -0.3 is 5.32 Å². The lowest BCUT2D eigenvalue weighted by atomic mass is 10.2. The number of para-hydroxylation sites is 1. The number of nitrogens with one attached hydrogen (secondary N) is 1. The van der Waals surface area contributed by atoms with Crippen molar-refractivity contribution in [3.8, 4) is 0 Å². The molecule has 1 aromatic carbocycles. The molecule has 1 N–H and O–H groups in total. The number of carbonyl (C=O) groups is 3. The van der Waals surface area contributed by atoms with Crippen molar-refractivity contribution in [1.29, 1.82) is 0 Å². The maximum Gasteiger partial charge on any atom is 0.294 e. The predicted molar refractivity (Wildman–Crippen MR) is 96.7 cm³/mol. The number of rotatable bonds is 4. The minimum absolute atomic E-state index is 0.279. The Morgan fingerprint density at radius 2 is 2.04 bits per heavy atom. The summed E-state index contributed by atoms with van der Waals surface area (Å²) in [5.41, 5.74) is 2.28. The smallest absolute Gasteiger partial charge is 0.294 e. The molecule has 1 saturated heterocycles. The molecule has 2 heterocycles. The highest BCUT2D eigenvalue weighted by Gasteiger charge is 2.36. The molecule has 126 valence electrons. The van der Waals surface area contributed by atoms with Crippen molar-refractivity contribution in [3.63, 3.8) is 0 Å². The molecule has 0 radical (unpaired) electrons. The number of hydrogen-bond donors (Lipinski definition) is 1. The van der Waals surface area contributed by atoms with Crippen molar-refractivity contribution in [2.75, 3.05) is 11.9 Å². The van der Waals surface area contributed by atoms with Crippen molar-refractivity contribution in [2.45, 2.75) is 6.92 Å². The van der Waals surface area contributed by atoms with E-state index in [9.17, 15) is 14.4 Å². The Labute approximate surface area is 148 Å². The first-order valence-corrected chi connectivity index (χ1v) is 8.37. The summed E-state index contributed by atoms with van der Waals surface area (Å²) in [5, 5.41) is 2.26. The van der Waals surface area contributed by atoms with Gasteiger partial charge in [-0.2, -0.15) is 0 Å². The van der Waals surface area contributed by atoms with E-state index in [1.807, 2.05) is 19.1 Å². The van der Waals surface area contributed by atoms with E-state index in [-0.39, 0.29) is 11.4 Å². The first-order valence-electron chi connectivity index (χ1n) is 7.55. The Morgan fingerprint density at radius 1 is 1.24 bits per heavy atom. The third-order valence-electron chi connectivity index (χ3n) is 3.58. The number of amides is 3. The summed E-state index contributed by atoms with van der Waals surface area (Å²) in [6.45, 7) is 1.55. The van der Waals surface area contributed by atoms with Gasteiger partial charge in [0.05, 0.1) is 4.91 Å². The Bertz CT molecular complexity index is 865. The van der Waals surface area contributed by atoms with Gasteiger partial charge in [-0.15, -0.1) is 0 Å². The normalized spacial score (nSPS) is 15.7. The zero-order chi connectivity index (χ0) is 17.8. The lowest BCUT2D eigenvalue weighted by Crippen LogP contribution is -2.36. The number of hydrogen-bond acceptors (Lipinski definition) is 5. The molecule has 1 aromatic heterocycles. The second-order valence-corrected chi connectivity index (χ2v) is 6.41. The summed E-state index contributed by atoms with van der Waals surface area (Å²) in [5.74, 6) is -0.891. The number of aryl methyl sites for hydroxylation is 1. The quantitative estimate of drug-likeness (QED) is 0.855. The van der Waals surface area contributed by atoms with Crippen molar-refractivity contribution in [3.05, 3.63) is 64.8 Å². The number of benzene rings is 1. The Balaban J connectivity index is 1.70. The second kappa shape index (κ2) is 7.31. The highest BCUT2D eigenvalue weighted by Crippen LogP contribution is 2.31. The van der Waals surface area contributed by atoms with Crippen LogP contribution in [0.25, 0.3) is 6.08 Å². The molecule has 0 bridgehead atoms. The average Bonchev–Trinajstić information content (AvgIpc) is 2.85. The number of nitrogens with zero attached hydrogens (tertiary/aromatic N) is 2. The van der Waals surface area contributed by atoms with Crippen LogP contribution in [0.4, 0.5) is 10.5 Å². The molecule has 25 heavy (non-hydrogen) atoms. The molecule has 3 rings (SSSR count). The molecule has 0 unspecified atom stereocenters. The van der Waals surface area contributed by atoms with Crippen LogP contribution in [-0.4, -0.2) is 33.5 Å². The van der Waals surface area contributed by atoms with Crippen LogP contribution in [0.2, 0.25) is 0 Å². The first kappa shape index (κ1) is 16.9. The number of anilines is 1. The largest absolute Gasteiger partial charge is 0.324 e. The van der Waals surface area contributed by atoms with Crippen molar-refractivity contribution >= 4 is 40.6 Å². The van der Waals surface area contributed by atoms with Crippen molar-refractivity contribution in [1.82, 2.24) is 9.88 Å². The summed E-state index contributed by atoms with van der Waals surface area (Å²) in [6, 6.07) is 10.8. The monoisotopic (exact) mass is 353 g/mol. The fraction of sp³-hybridized carbons (Fsp3) is 0.111. The van der Waals surface area contributed by atoms with Crippen LogP contribution in [0.5, 0.6) is 0 Å². The van der Waals surface area contributed by atoms with Gasteiger partial charge >= 0.3 is 0 Å². The van der Waals surface area contributed by atoms with E-state index in [0.29, 0.717) is 5.69 Å². The fourth-order valence-corrected chi connectivity index (χ4v) is 3.13. The third-order valence-corrected chi connectivity index (χ3v) is 4.48. The summed E-state index contributed by atoms with van der Waals surface area (Å²) < 4.78 is 0. The molecule has 1 fully saturated rings. The SMILES string of the molecule is Cc1ccccc1NC(=O)CN1C(=O)SC(=Cc2cccnc2)C1=O. The number of aromatic nitrogens is 1. The fourth-order valence-electron chi connectivity index (χ4n) is 2.30. The minimum Gasteiger partial charge on any atom is -0.324 e. The third kappa shape index (κ3) is 3.95. The van der Waals surface area contributed by atoms with Gasteiger partial charge in [-0.25, -0.2) is 0 Å². The van der Waals surface area contributed by atoms with Gasteiger partial charge in [-0.1, -0.05) is 24.3 Å². The number of imide groups is 1. The van der Waals surface area contributed by atoms with Crippen LogP contribution in [0.1, 0.15) is 11.1 Å². The Hall–Kier alpha value is -2.93. The zero-order valence-corrected chi connectivity index (χ0v) is 14.2. The molecule has 0 atom stereocenters. The zero-order valence-electron chi connectivity index (χ0n) is 13.4. The van der Waals surface area contributed by atoms with Gasteiger partial charge in [0.15, 0.2) is 0 Å². The van der Waals surface area contributed by atoms with Gasteiger partial charge in [0.25, 0.3) is 11.1 Å². The van der Waals surface area contributed by atoms with E-state index in [2.05, 4.69) is 10.3 Å². The van der Waals surface area contributed by atoms with E-state index in [4.69, 9.17) is 0 Å². The van der Waals surface area contributed by atoms with Gasteiger partial charge in [0, 0.05) is 18.1 Å². The minimum atomic E-state index is -0.473. The summed E-state index contributed by atoms with van der Waals surface area (Å²) >= 11 is 0.819. The van der Waals surface area contributed by atoms with Gasteiger partial charge in [-0.3, -0.25) is 24.3 Å². The van der Waals surface area contributed by atoms with E-state index >= 15 is 0 Å². The van der Waals surface area contributed by atoms with Crippen LogP contribution in [0.3, 0.4) is 0 Å². The Kier molecular flexibility index (Phi) is 4.95.